The van der Waals surface area contributed by atoms with Gasteiger partial charge in [-0.1, -0.05) is 19.1 Å². The average Bonchev–Trinajstić information content (AvgIpc) is 2.98. The highest BCUT2D eigenvalue weighted by Gasteiger charge is 2.07. The highest BCUT2D eigenvalue weighted by Crippen LogP contribution is 2.25. The molecule has 2 heterocycles. The summed E-state index contributed by atoms with van der Waals surface area (Å²) in [6.07, 6.45) is 5.84. The fourth-order valence-electron chi connectivity index (χ4n) is 2.19. The largest absolute Gasteiger partial charge is 0.370 e. The molecule has 0 radical (unpaired) electrons. The van der Waals surface area contributed by atoms with Crippen LogP contribution in [0.25, 0.3) is 12.2 Å². The van der Waals surface area contributed by atoms with Gasteiger partial charge in [-0.25, -0.2) is 9.97 Å². The molecule has 3 N–H and O–H groups in total. The predicted molar refractivity (Wildman–Crippen MR) is 90.7 cm³/mol. The van der Waals surface area contributed by atoms with Crippen LogP contribution in [-0.4, -0.2) is 16.5 Å². The SMILES string of the molecule is C/C=c1/ncnc(NCC)/c1=C/C(C)c1ccc(CN)s1. The number of aromatic nitrogens is 2. The second-order valence-electron chi connectivity index (χ2n) is 4.80. The molecule has 2 rings (SSSR count). The molecular formula is C16H22N4S. The summed E-state index contributed by atoms with van der Waals surface area (Å²) in [5.74, 6) is 1.19. The molecule has 0 aliphatic heterocycles. The molecule has 1 unspecified atom stereocenters. The van der Waals surface area contributed by atoms with E-state index >= 15 is 0 Å². The molecule has 0 saturated heterocycles. The van der Waals surface area contributed by atoms with Crippen molar-refractivity contribution in [2.75, 3.05) is 11.9 Å². The molecule has 0 aromatic carbocycles. The predicted octanol–water partition coefficient (Wildman–Crippen LogP) is 1.81. The van der Waals surface area contributed by atoms with Crippen molar-refractivity contribution in [1.82, 2.24) is 9.97 Å². The lowest BCUT2D eigenvalue weighted by Crippen LogP contribution is -2.32. The maximum absolute atomic E-state index is 5.69. The van der Waals surface area contributed by atoms with Gasteiger partial charge in [0.05, 0.1) is 5.35 Å². The second kappa shape index (κ2) is 7.33. The summed E-state index contributed by atoms with van der Waals surface area (Å²) in [7, 11) is 0. The van der Waals surface area contributed by atoms with Gasteiger partial charge in [0.2, 0.25) is 0 Å². The third-order valence-electron chi connectivity index (χ3n) is 3.28. The van der Waals surface area contributed by atoms with Crippen LogP contribution in [0.2, 0.25) is 0 Å². The third kappa shape index (κ3) is 3.68. The number of rotatable bonds is 5. The highest BCUT2D eigenvalue weighted by molar-refractivity contribution is 7.12. The van der Waals surface area contributed by atoms with Gasteiger partial charge in [-0.2, -0.15) is 0 Å². The first kappa shape index (κ1) is 15.7. The number of nitrogens with two attached hydrogens (primary N) is 1. The summed E-state index contributed by atoms with van der Waals surface area (Å²) in [5.41, 5.74) is 5.69. The lowest BCUT2D eigenvalue weighted by molar-refractivity contribution is 1.02. The van der Waals surface area contributed by atoms with E-state index in [0.717, 1.165) is 22.9 Å². The van der Waals surface area contributed by atoms with E-state index in [1.54, 1.807) is 17.7 Å². The van der Waals surface area contributed by atoms with Crippen molar-refractivity contribution in [1.29, 1.82) is 0 Å². The summed E-state index contributed by atoms with van der Waals surface area (Å²) in [6, 6.07) is 4.25. The van der Waals surface area contributed by atoms with Crippen LogP contribution in [0, 0.1) is 0 Å². The van der Waals surface area contributed by atoms with E-state index in [2.05, 4.69) is 47.3 Å². The van der Waals surface area contributed by atoms with Crippen LogP contribution in [-0.2, 0) is 6.54 Å². The Kier molecular flexibility index (Phi) is 5.47. The van der Waals surface area contributed by atoms with Gasteiger partial charge >= 0.3 is 0 Å². The van der Waals surface area contributed by atoms with Crippen LogP contribution in [0.1, 0.15) is 36.4 Å². The van der Waals surface area contributed by atoms with E-state index < -0.39 is 0 Å². The molecule has 0 aliphatic carbocycles. The van der Waals surface area contributed by atoms with Gasteiger partial charge in [0.15, 0.2) is 0 Å². The molecular weight excluding hydrogens is 280 g/mol. The fraction of sp³-hybridized carbons (Fsp3) is 0.375. The summed E-state index contributed by atoms with van der Waals surface area (Å²) in [4.78, 5) is 11.2. The first-order chi connectivity index (χ1) is 10.2. The van der Waals surface area contributed by atoms with Crippen LogP contribution in [0.3, 0.4) is 0 Å². The van der Waals surface area contributed by atoms with E-state index in [0.29, 0.717) is 12.5 Å². The molecule has 2 aromatic rings. The van der Waals surface area contributed by atoms with Crippen molar-refractivity contribution in [3.8, 4) is 0 Å². The van der Waals surface area contributed by atoms with Crippen molar-refractivity contribution in [2.24, 2.45) is 5.73 Å². The molecule has 0 fully saturated rings. The molecule has 21 heavy (non-hydrogen) atoms. The molecule has 1 atom stereocenters. The quantitative estimate of drug-likeness (QED) is 0.884. The molecule has 5 heteroatoms. The van der Waals surface area contributed by atoms with E-state index in [1.165, 1.54) is 9.75 Å². The molecule has 0 amide bonds. The molecule has 4 nitrogen and oxygen atoms in total. The Labute approximate surface area is 129 Å². The Hall–Kier alpha value is -1.72. The number of hydrogen-bond donors (Lipinski definition) is 2. The normalized spacial score (nSPS) is 14.5. The molecule has 0 aliphatic rings. The Morgan fingerprint density at radius 2 is 2.19 bits per heavy atom. The Balaban J connectivity index is 2.48. The van der Waals surface area contributed by atoms with Crippen molar-refractivity contribution >= 4 is 29.3 Å². The molecule has 112 valence electrons. The number of nitrogens with one attached hydrogen (secondary N) is 1. The maximum atomic E-state index is 5.69. The van der Waals surface area contributed by atoms with Crippen LogP contribution < -0.4 is 21.6 Å². The Bertz CT molecular complexity index is 705. The summed E-state index contributed by atoms with van der Waals surface area (Å²) >= 11 is 1.77. The fourth-order valence-corrected chi connectivity index (χ4v) is 3.11. The van der Waals surface area contributed by atoms with Gasteiger partial charge in [0, 0.05) is 34.0 Å². The highest BCUT2D eigenvalue weighted by atomic mass is 32.1. The number of anilines is 1. The Morgan fingerprint density at radius 1 is 1.38 bits per heavy atom. The lowest BCUT2D eigenvalue weighted by Gasteiger charge is -2.06. The van der Waals surface area contributed by atoms with Gasteiger partial charge < -0.3 is 11.1 Å². The first-order valence-corrected chi connectivity index (χ1v) is 8.03. The van der Waals surface area contributed by atoms with Crippen LogP contribution >= 0.6 is 11.3 Å². The monoisotopic (exact) mass is 302 g/mol. The van der Waals surface area contributed by atoms with Crippen LogP contribution in [0.4, 0.5) is 5.82 Å². The summed E-state index contributed by atoms with van der Waals surface area (Å²) in [5, 5.41) is 5.33. The van der Waals surface area contributed by atoms with E-state index in [9.17, 15) is 0 Å². The van der Waals surface area contributed by atoms with Gasteiger partial charge in [-0.05, 0) is 26.0 Å². The zero-order valence-corrected chi connectivity index (χ0v) is 13.6. The van der Waals surface area contributed by atoms with Gasteiger partial charge in [0.1, 0.15) is 12.1 Å². The van der Waals surface area contributed by atoms with Crippen molar-refractivity contribution in [3.05, 3.63) is 38.8 Å². The summed E-state index contributed by atoms with van der Waals surface area (Å²) < 4.78 is 0. The first-order valence-electron chi connectivity index (χ1n) is 7.21. The van der Waals surface area contributed by atoms with Gasteiger partial charge in [-0.3, -0.25) is 0 Å². The van der Waals surface area contributed by atoms with Gasteiger partial charge in [-0.15, -0.1) is 11.3 Å². The van der Waals surface area contributed by atoms with Crippen LogP contribution in [0.5, 0.6) is 0 Å². The van der Waals surface area contributed by atoms with Crippen molar-refractivity contribution in [2.45, 2.75) is 33.2 Å². The second-order valence-corrected chi connectivity index (χ2v) is 6.00. The maximum Gasteiger partial charge on any atom is 0.136 e. The molecule has 0 spiro atoms. The molecule has 0 saturated carbocycles. The topological polar surface area (TPSA) is 63.8 Å². The van der Waals surface area contributed by atoms with Crippen molar-refractivity contribution < 1.29 is 0 Å². The molecule has 0 bridgehead atoms. The standard InChI is InChI=1S/C16H22N4S/c1-4-14-13(16(18-5-2)20-10-19-14)8-11(3)15-7-6-12(9-17)21-15/h4,6-8,10-11H,5,9,17H2,1-3H3,(H,18,19,20)/b13-8+,14-4+. The van der Waals surface area contributed by atoms with Crippen LogP contribution in [0.15, 0.2) is 18.5 Å². The third-order valence-corrected chi connectivity index (χ3v) is 4.59. The number of nitrogens with zero attached hydrogens (tertiary/aromatic N) is 2. The zero-order chi connectivity index (χ0) is 15.2. The van der Waals surface area contributed by atoms with E-state index in [1.807, 2.05) is 13.0 Å². The minimum Gasteiger partial charge on any atom is -0.370 e. The molecule has 2 aromatic heterocycles. The van der Waals surface area contributed by atoms with Crippen molar-refractivity contribution in [3.63, 3.8) is 0 Å². The zero-order valence-electron chi connectivity index (χ0n) is 12.8. The Morgan fingerprint density at radius 3 is 2.81 bits per heavy atom. The lowest BCUT2D eigenvalue weighted by atomic mass is 10.1. The summed E-state index contributed by atoms with van der Waals surface area (Å²) in [6.45, 7) is 7.69. The van der Waals surface area contributed by atoms with E-state index in [4.69, 9.17) is 5.73 Å². The minimum atomic E-state index is 0.303. The van der Waals surface area contributed by atoms with E-state index in [-0.39, 0.29) is 0 Å². The minimum absolute atomic E-state index is 0.303. The smallest absolute Gasteiger partial charge is 0.136 e. The number of thiophene rings is 1. The van der Waals surface area contributed by atoms with Gasteiger partial charge in [0.25, 0.3) is 0 Å². The average molecular weight is 302 g/mol. The number of hydrogen-bond acceptors (Lipinski definition) is 5.